The van der Waals surface area contributed by atoms with Gasteiger partial charge in [0.1, 0.15) is 0 Å². The van der Waals surface area contributed by atoms with Crippen LogP contribution in [0.5, 0.6) is 0 Å². The van der Waals surface area contributed by atoms with Crippen molar-refractivity contribution in [1.82, 2.24) is 0 Å². The second kappa shape index (κ2) is 10.2. The largest absolute Gasteiger partial charge is 0.652 e. The van der Waals surface area contributed by atoms with E-state index < -0.39 is 12.3 Å². The van der Waals surface area contributed by atoms with Crippen LogP contribution in [0.4, 0.5) is 9.59 Å². The number of rotatable bonds is 0. The fourth-order valence-corrected chi connectivity index (χ4v) is 0. The molecule has 0 atom stereocenters. The third-order valence-corrected chi connectivity index (χ3v) is 0. The molecule has 0 spiro atoms. The van der Waals surface area contributed by atoms with E-state index in [2.05, 4.69) is 0 Å². The van der Waals surface area contributed by atoms with Gasteiger partial charge in [-0.25, -0.2) is 0 Å². The SMILES string of the molecule is O=C([O-])[O-].O=C([O-])[O-].[Re]. The molecule has 0 aliphatic rings. The average Bonchev–Trinajstić information content (AvgIpc) is 1.25. The molecule has 55 valence electrons. The summed E-state index contributed by atoms with van der Waals surface area (Å²) < 4.78 is 0. The number of hydrogen-bond acceptors (Lipinski definition) is 6. The van der Waals surface area contributed by atoms with E-state index in [9.17, 15) is 0 Å². The molecule has 0 aliphatic carbocycles. The Kier molecular flexibility index (Phi) is 17.9. The first-order valence-corrected chi connectivity index (χ1v) is 1.22. The normalized spacial score (nSPS) is 5.33. The molecule has 0 bridgehead atoms. The minimum atomic E-state index is -2.33. The van der Waals surface area contributed by atoms with Crippen molar-refractivity contribution in [3.63, 3.8) is 0 Å². The molecule has 0 aromatic rings. The zero-order chi connectivity index (χ0) is 7.15. The van der Waals surface area contributed by atoms with E-state index in [1.807, 2.05) is 0 Å². The van der Waals surface area contributed by atoms with Crippen molar-refractivity contribution in [2.45, 2.75) is 0 Å². The molecule has 0 aromatic carbocycles. The van der Waals surface area contributed by atoms with Gasteiger partial charge in [-0.15, -0.1) is 0 Å². The average molecular weight is 306 g/mol. The molecule has 6 nitrogen and oxygen atoms in total. The van der Waals surface area contributed by atoms with Crippen LogP contribution in [0, 0.1) is 0 Å². The van der Waals surface area contributed by atoms with Crippen molar-refractivity contribution in [3.05, 3.63) is 0 Å². The third-order valence-electron chi connectivity index (χ3n) is 0. The van der Waals surface area contributed by atoms with Crippen molar-refractivity contribution in [2.75, 3.05) is 0 Å². The Hall–Kier alpha value is -0.798. The van der Waals surface area contributed by atoms with E-state index in [1.165, 1.54) is 0 Å². The van der Waals surface area contributed by atoms with Crippen LogP contribution in [0.2, 0.25) is 0 Å². The molecule has 0 aromatic heterocycles. The molecule has 9 heavy (non-hydrogen) atoms. The quantitative estimate of drug-likeness (QED) is 0.441. The summed E-state index contributed by atoms with van der Waals surface area (Å²) >= 11 is 0. The molecule has 0 aliphatic heterocycles. The predicted molar refractivity (Wildman–Crippen MR) is 10.8 cm³/mol. The van der Waals surface area contributed by atoms with Crippen LogP contribution >= 0.6 is 0 Å². The van der Waals surface area contributed by atoms with Gasteiger partial charge in [0.15, 0.2) is 0 Å². The number of hydrogen-bond donors (Lipinski definition) is 0. The van der Waals surface area contributed by atoms with E-state index in [0.717, 1.165) is 0 Å². The van der Waals surface area contributed by atoms with Crippen LogP contribution in [0.1, 0.15) is 0 Å². The predicted octanol–water partition coefficient (Wildman–Crippen LogP) is -4.90. The summed E-state index contributed by atoms with van der Waals surface area (Å²) in [4.78, 5) is 16.7. The van der Waals surface area contributed by atoms with Gasteiger partial charge in [-0.05, 0) is 12.3 Å². The van der Waals surface area contributed by atoms with Crippen LogP contribution in [0.25, 0.3) is 0 Å². The van der Waals surface area contributed by atoms with Gasteiger partial charge in [-0.1, -0.05) is 0 Å². The van der Waals surface area contributed by atoms with E-state index in [4.69, 9.17) is 30.0 Å². The summed E-state index contributed by atoms with van der Waals surface area (Å²) in [7, 11) is 0. The van der Waals surface area contributed by atoms with Crippen molar-refractivity contribution in [2.24, 2.45) is 0 Å². The zero-order valence-electron chi connectivity index (χ0n) is 3.83. The van der Waals surface area contributed by atoms with Crippen LogP contribution in [-0.2, 0) is 20.4 Å². The smallest absolute Gasteiger partial charge is 0 e. The molecule has 0 N–H and O–H groups in total. The summed E-state index contributed by atoms with van der Waals surface area (Å²) in [6.07, 6.45) is -4.67. The Balaban J connectivity index is -0.0000000720. The molecule has 0 heterocycles. The third kappa shape index (κ3) is 306. The minimum absolute atomic E-state index is 0. The van der Waals surface area contributed by atoms with Crippen molar-refractivity contribution >= 4 is 12.3 Å². The monoisotopic (exact) mass is 307 g/mol. The molecule has 1 radical (unpaired) electrons. The summed E-state index contributed by atoms with van der Waals surface area (Å²) in [5, 5.41) is 33.3. The van der Waals surface area contributed by atoms with Crippen LogP contribution in [0.15, 0.2) is 0 Å². The maximum atomic E-state index is 8.33. The van der Waals surface area contributed by atoms with Crippen LogP contribution in [0.3, 0.4) is 0 Å². The van der Waals surface area contributed by atoms with Gasteiger partial charge < -0.3 is 30.0 Å². The second-order valence-electron chi connectivity index (χ2n) is 0.500. The van der Waals surface area contributed by atoms with Gasteiger partial charge in [0, 0.05) is 20.4 Å². The van der Waals surface area contributed by atoms with Crippen LogP contribution < -0.4 is 20.4 Å². The Morgan fingerprint density at radius 2 is 0.778 bits per heavy atom. The number of carbonyl (C=O) groups excluding carboxylic acids is 2. The first kappa shape index (κ1) is 15.7. The van der Waals surface area contributed by atoms with Gasteiger partial charge >= 0.3 is 0 Å². The fourth-order valence-electron chi connectivity index (χ4n) is 0. The molecule has 0 amide bonds. The van der Waals surface area contributed by atoms with Crippen molar-refractivity contribution in [3.8, 4) is 0 Å². The Morgan fingerprint density at radius 1 is 0.778 bits per heavy atom. The van der Waals surface area contributed by atoms with Gasteiger partial charge in [-0.2, -0.15) is 0 Å². The summed E-state index contributed by atoms with van der Waals surface area (Å²) in [6, 6.07) is 0. The molecule has 0 saturated heterocycles. The first-order chi connectivity index (χ1) is 3.46. The van der Waals surface area contributed by atoms with Gasteiger partial charge in [0.2, 0.25) is 0 Å². The zero-order valence-corrected chi connectivity index (χ0v) is 6.54. The van der Waals surface area contributed by atoms with Gasteiger partial charge in [-0.3, -0.25) is 0 Å². The number of carbonyl (C=O) groups is 2. The summed E-state index contributed by atoms with van der Waals surface area (Å²) in [5.74, 6) is 0. The topological polar surface area (TPSA) is 126 Å². The maximum absolute atomic E-state index is 8.33. The summed E-state index contributed by atoms with van der Waals surface area (Å²) in [6.45, 7) is 0. The maximum Gasteiger partial charge on any atom is 0 e. The molecule has 0 fully saturated rings. The van der Waals surface area contributed by atoms with E-state index in [0.29, 0.717) is 0 Å². The number of carboxylic acid groups (broad SMARTS) is 4. The Bertz CT molecular complexity index is 69.1. The van der Waals surface area contributed by atoms with Crippen molar-refractivity contribution in [1.29, 1.82) is 0 Å². The minimum Gasteiger partial charge on any atom is -0.652 e. The molecular formula is C2O6Re-4. The van der Waals surface area contributed by atoms with Crippen LogP contribution in [-0.4, -0.2) is 12.3 Å². The standard InChI is InChI=1S/2CH2O3.Re/c2*2-1(3)4;/h2*(H2,2,3,4);/p-4. The Morgan fingerprint density at radius 3 is 0.778 bits per heavy atom. The van der Waals surface area contributed by atoms with E-state index >= 15 is 0 Å². The first-order valence-electron chi connectivity index (χ1n) is 1.22. The Labute approximate surface area is 63.4 Å². The molecular weight excluding hydrogens is 306 g/mol. The molecule has 0 unspecified atom stereocenters. The second-order valence-corrected chi connectivity index (χ2v) is 0.500. The van der Waals surface area contributed by atoms with Gasteiger partial charge in [0.25, 0.3) is 0 Å². The van der Waals surface area contributed by atoms with E-state index in [-0.39, 0.29) is 20.4 Å². The van der Waals surface area contributed by atoms with Crippen molar-refractivity contribution < 1.29 is 50.4 Å². The molecule has 0 rings (SSSR count). The van der Waals surface area contributed by atoms with Gasteiger partial charge in [0.05, 0.1) is 0 Å². The fraction of sp³-hybridized carbons (Fsp3) is 0. The summed E-state index contributed by atoms with van der Waals surface area (Å²) in [5.41, 5.74) is 0. The molecule has 0 saturated carbocycles. The molecule has 7 heteroatoms. The van der Waals surface area contributed by atoms with E-state index in [1.54, 1.807) is 0 Å².